The Hall–Kier alpha value is -0.170. The van der Waals surface area contributed by atoms with Crippen molar-refractivity contribution in [1.82, 2.24) is 5.32 Å². The summed E-state index contributed by atoms with van der Waals surface area (Å²) < 4.78 is 15.1. The molecule has 1 atom stereocenters. The van der Waals surface area contributed by atoms with Crippen LogP contribution in [0.4, 0.5) is 4.39 Å². The van der Waals surface area contributed by atoms with Crippen LogP contribution >= 0.6 is 50.1 Å². The first-order valence-electron chi connectivity index (χ1n) is 6.07. The van der Waals surface area contributed by atoms with Gasteiger partial charge in [0.2, 0.25) is 0 Å². The molecule has 106 valence electrons. The minimum atomic E-state index is -0.237. The van der Waals surface area contributed by atoms with Gasteiger partial charge in [0.15, 0.2) is 0 Å². The predicted molar refractivity (Wildman–Crippen MR) is 93.8 cm³/mol. The molecule has 0 radical (unpaired) electrons. The molecule has 0 saturated heterocycles. The van der Waals surface area contributed by atoms with Crippen molar-refractivity contribution in [1.29, 1.82) is 0 Å². The lowest BCUT2D eigenvalue weighted by Gasteiger charge is -2.19. The molecule has 0 heterocycles. The Labute approximate surface area is 145 Å². The molecule has 2 aromatic rings. The Morgan fingerprint density at radius 3 is 2.70 bits per heavy atom. The fourth-order valence-electron chi connectivity index (χ4n) is 2.06. The Balaban J connectivity index is 2.31. The van der Waals surface area contributed by atoms with Crippen LogP contribution in [0.1, 0.15) is 17.2 Å². The van der Waals surface area contributed by atoms with E-state index in [1.165, 1.54) is 12.1 Å². The fraction of sp³-hybridized carbons (Fsp3) is 0.200. The Bertz CT molecular complexity index is 621. The molecule has 0 aliphatic rings. The zero-order valence-electron chi connectivity index (χ0n) is 10.8. The average Bonchev–Trinajstić information content (AvgIpc) is 2.41. The van der Waals surface area contributed by atoms with E-state index >= 15 is 0 Å². The molecular formula is C15H13BrClFIN. The maximum absolute atomic E-state index is 13.1. The minimum absolute atomic E-state index is 0.127. The summed E-state index contributed by atoms with van der Waals surface area (Å²) in [6, 6.07) is 10.8. The Morgan fingerprint density at radius 2 is 2.05 bits per heavy atom. The lowest BCUT2D eigenvalue weighted by atomic mass is 9.99. The molecule has 2 aromatic carbocycles. The molecule has 20 heavy (non-hydrogen) atoms. The second kappa shape index (κ2) is 7.20. The molecule has 0 amide bonds. The van der Waals surface area contributed by atoms with Gasteiger partial charge in [0.25, 0.3) is 0 Å². The molecule has 0 fully saturated rings. The summed E-state index contributed by atoms with van der Waals surface area (Å²) in [6.45, 7) is 0. The monoisotopic (exact) mass is 467 g/mol. The van der Waals surface area contributed by atoms with Crippen molar-refractivity contribution in [3.8, 4) is 0 Å². The van der Waals surface area contributed by atoms with Crippen LogP contribution in [0.2, 0.25) is 5.02 Å². The summed E-state index contributed by atoms with van der Waals surface area (Å²) in [6.07, 6.45) is 0.758. The summed E-state index contributed by atoms with van der Waals surface area (Å²) in [4.78, 5) is 0. The Kier molecular flexibility index (Phi) is 5.84. The van der Waals surface area contributed by atoms with Gasteiger partial charge in [-0.3, -0.25) is 0 Å². The fourth-order valence-corrected chi connectivity index (χ4v) is 3.46. The van der Waals surface area contributed by atoms with E-state index in [2.05, 4.69) is 43.8 Å². The van der Waals surface area contributed by atoms with E-state index in [4.69, 9.17) is 11.6 Å². The van der Waals surface area contributed by atoms with Crippen LogP contribution in [0.3, 0.4) is 0 Å². The highest BCUT2D eigenvalue weighted by molar-refractivity contribution is 14.1. The van der Waals surface area contributed by atoms with Crippen LogP contribution in [0.25, 0.3) is 0 Å². The van der Waals surface area contributed by atoms with Gasteiger partial charge in [-0.05, 0) is 77.5 Å². The molecule has 0 spiro atoms. The van der Waals surface area contributed by atoms with Gasteiger partial charge in [-0.2, -0.15) is 0 Å². The normalized spacial score (nSPS) is 12.4. The second-order valence-corrected chi connectivity index (χ2v) is 6.90. The third kappa shape index (κ3) is 3.93. The summed E-state index contributed by atoms with van der Waals surface area (Å²) in [5.74, 6) is -0.237. The van der Waals surface area contributed by atoms with Crippen molar-refractivity contribution in [2.75, 3.05) is 7.05 Å². The van der Waals surface area contributed by atoms with Gasteiger partial charge in [0, 0.05) is 19.1 Å². The summed E-state index contributed by atoms with van der Waals surface area (Å²) in [7, 11) is 1.92. The van der Waals surface area contributed by atoms with Gasteiger partial charge in [0.1, 0.15) is 5.82 Å². The maximum Gasteiger partial charge on any atom is 0.124 e. The second-order valence-electron chi connectivity index (χ2n) is 4.45. The van der Waals surface area contributed by atoms with Crippen LogP contribution in [0.15, 0.2) is 40.9 Å². The molecule has 2 rings (SSSR count). The highest BCUT2D eigenvalue weighted by Crippen LogP contribution is 2.28. The van der Waals surface area contributed by atoms with E-state index in [0.29, 0.717) is 0 Å². The van der Waals surface area contributed by atoms with Crippen LogP contribution in [-0.4, -0.2) is 7.05 Å². The first-order valence-corrected chi connectivity index (χ1v) is 8.32. The summed E-state index contributed by atoms with van der Waals surface area (Å²) >= 11 is 11.8. The van der Waals surface area contributed by atoms with E-state index < -0.39 is 0 Å². The zero-order valence-corrected chi connectivity index (χ0v) is 15.3. The van der Waals surface area contributed by atoms with Crippen molar-refractivity contribution in [2.24, 2.45) is 0 Å². The highest BCUT2D eigenvalue weighted by atomic mass is 127. The zero-order chi connectivity index (χ0) is 14.7. The van der Waals surface area contributed by atoms with E-state index in [9.17, 15) is 4.39 Å². The number of rotatable bonds is 4. The van der Waals surface area contributed by atoms with Crippen LogP contribution in [0.5, 0.6) is 0 Å². The van der Waals surface area contributed by atoms with E-state index in [1.54, 1.807) is 6.07 Å². The van der Waals surface area contributed by atoms with Gasteiger partial charge in [-0.15, -0.1) is 0 Å². The van der Waals surface area contributed by atoms with Crippen molar-refractivity contribution in [3.63, 3.8) is 0 Å². The molecule has 0 aliphatic carbocycles. The van der Waals surface area contributed by atoms with Gasteiger partial charge in [-0.25, -0.2) is 4.39 Å². The average molecular weight is 469 g/mol. The first kappa shape index (κ1) is 16.2. The molecule has 1 nitrogen and oxygen atoms in total. The quantitative estimate of drug-likeness (QED) is 0.597. The smallest absolute Gasteiger partial charge is 0.124 e. The van der Waals surface area contributed by atoms with Gasteiger partial charge in [-0.1, -0.05) is 33.6 Å². The van der Waals surface area contributed by atoms with Gasteiger partial charge >= 0.3 is 0 Å². The number of benzene rings is 2. The van der Waals surface area contributed by atoms with Crippen molar-refractivity contribution >= 4 is 50.1 Å². The SMILES string of the molecule is CNC(Cc1ccc(F)cc1Br)c1cc(Cl)ccc1I. The van der Waals surface area contributed by atoms with Crippen LogP contribution in [-0.2, 0) is 6.42 Å². The third-order valence-electron chi connectivity index (χ3n) is 3.12. The molecule has 0 aromatic heterocycles. The van der Waals surface area contributed by atoms with Crippen molar-refractivity contribution < 1.29 is 4.39 Å². The topological polar surface area (TPSA) is 12.0 Å². The van der Waals surface area contributed by atoms with Gasteiger partial charge < -0.3 is 5.32 Å². The highest BCUT2D eigenvalue weighted by Gasteiger charge is 2.15. The number of likely N-dealkylation sites (N-methyl/N-ethyl adjacent to an activating group) is 1. The first-order chi connectivity index (χ1) is 9.51. The molecule has 0 saturated carbocycles. The number of hydrogen-bond acceptors (Lipinski definition) is 1. The molecular weight excluding hydrogens is 455 g/mol. The minimum Gasteiger partial charge on any atom is -0.313 e. The molecule has 0 bridgehead atoms. The molecule has 1 unspecified atom stereocenters. The standard InChI is InChI=1S/C15H13BrClFIN/c1-20-15(12-7-10(17)3-5-14(12)19)6-9-2-4-11(18)8-13(9)16/h2-5,7-8,15,20H,6H2,1H3. The largest absolute Gasteiger partial charge is 0.313 e. The number of halogens is 4. The summed E-state index contributed by atoms with van der Waals surface area (Å²) in [5, 5.41) is 4.02. The van der Waals surface area contributed by atoms with Crippen molar-refractivity contribution in [2.45, 2.75) is 12.5 Å². The van der Waals surface area contributed by atoms with E-state index in [-0.39, 0.29) is 11.9 Å². The van der Waals surface area contributed by atoms with Crippen LogP contribution in [0, 0.1) is 9.39 Å². The van der Waals surface area contributed by atoms with E-state index in [1.807, 2.05) is 25.2 Å². The predicted octanol–water partition coefficient (Wildman–Crippen LogP) is 5.35. The molecule has 5 heteroatoms. The molecule has 1 N–H and O–H groups in total. The van der Waals surface area contributed by atoms with Gasteiger partial charge in [0.05, 0.1) is 0 Å². The lowest BCUT2D eigenvalue weighted by molar-refractivity contribution is 0.585. The third-order valence-corrected chi connectivity index (χ3v) is 5.08. The van der Waals surface area contributed by atoms with Crippen LogP contribution < -0.4 is 5.32 Å². The number of hydrogen-bond donors (Lipinski definition) is 1. The lowest BCUT2D eigenvalue weighted by Crippen LogP contribution is -2.20. The molecule has 0 aliphatic heterocycles. The number of nitrogens with one attached hydrogen (secondary N) is 1. The van der Waals surface area contributed by atoms with Crippen molar-refractivity contribution in [3.05, 3.63) is 66.4 Å². The van der Waals surface area contributed by atoms with E-state index in [0.717, 1.165) is 30.6 Å². The maximum atomic E-state index is 13.1. The Morgan fingerprint density at radius 1 is 1.30 bits per heavy atom. The summed E-state index contributed by atoms with van der Waals surface area (Å²) in [5.41, 5.74) is 2.21.